The summed E-state index contributed by atoms with van der Waals surface area (Å²) in [5, 5.41) is 0.552. The van der Waals surface area contributed by atoms with E-state index in [2.05, 4.69) is 52.6 Å². The third-order valence-electron chi connectivity index (χ3n) is 6.72. The summed E-state index contributed by atoms with van der Waals surface area (Å²) in [5.74, 6) is -0.136. The third-order valence-corrected chi connectivity index (χ3v) is 7.76. The van der Waals surface area contributed by atoms with Crippen LogP contribution in [0, 0.1) is 6.92 Å². The largest absolute Gasteiger partial charge is 0.308 e. The van der Waals surface area contributed by atoms with Crippen LogP contribution in [0.2, 0.25) is 0 Å². The average Bonchev–Trinajstić information content (AvgIpc) is 3.47. The van der Waals surface area contributed by atoms with Crippen molar-refractivity contribution < 1.29 is 4.79 Å². The van der Waals surface area contributed by atoms with Crippen LogP contribution in [0.1, 0.15) is 21.5 Å². The molecule has 0 aliphatic rings. The van der Waals surface area contributed by atoms with E-state index in [1.54, 1.807) is 30.5 Å². The lowest BCUT2D eigenvalue weighted by Crippen LogP contribution is -2.26. The van der Waals surface area contributed by atoms with Gasteiger partial charge in [0.15, 0.2) is 5.78 Å². The Morgan fingerprint density at radius 3 is 2.36 bits per heavy atom. The Kier molecular flexibility index (Phi) is 6.73. The molecule has 0 fully saturated rings. The number of ketones is 1. The smallest absolute Gasteiger partial charge is 0.262 e. The summed E-state index contributed by atoms with van der Waals surface area (Å²) >= 11 is 1.66. The molecule has 0 bridgehead atoms. The van der Waals surface area contributed by atoms with E-state index >= 15 is 0 Å². The van der Waals surface area contributed by atoms with Crippen molar-refractivity contribution in [3.63, 3.8) is 0 Å². The summed E-state index contributed by atoms with van der Waals surface area (Å²) in [7, 11) is 0. The molecule has 2 heterocycles. The van der Waals surface area contributed by atoms with Crippen LogP contribution in [0.4, 0.5) is 5.69 Å². The van der Waals surface area contributed by atoms with Gasteiger partial charge in [0.05, 0.1) is 30.2 Å². The van der Waals surface area contributed by atoms with Crippen LogP contribution in [0.5, 0.6) is 0 Å². The van der Waals surface area contributed by atoms with Crippen molar-refractivity contribution in [2.24, 2.45) is 0 Å². The topological polar surface area (TPSA) is 59.6 Å². The Balaban J connectivity index is 1.28. The van der Waals surface area contributed by atoms with Gasteiger partial charge >= 0.3 is 0 Å². The van der Waals surface area contributed by atoms with Crippen LogP contribution in [0.25, 0.3) is 16.6 Å². The van der Waals surface area contributed by atoms with E-state index in [0.717, 1.165) is 16.1 Å². The van der Waals surface area contributed by atoms with E-state index in [1.807, 2.05) is 65.1 Å². The quantitative estimate of drug-likeness (QED) is 0.165. The molecule has 6 aromatic rings. The molecule has 0 saturated heterocycles. The van der Waals surface area contributed by atoms with Gasteiger partial charge in [0, 0.05) is 16.1 Å². The molecule has 4 aromatic carbocycles. The number of anilines is 1. The van der Waals surface area contributed by atoms with Crippen LogP contribution in [0.3, 0.4) is 0 Å². The fraction of sp³-hybridized carbons (Fsp3) is 0.0938. The van der Waals surface area contributed by atoms with E-state index in [1.165, 1.54) is 15.7 Å². The number of aryl methyl sites for hydroxylation is 1. The van der Waals surface area contributed by atoms with Gasteiger partial charge in [-0.15, -0.1) is 0 Å². The predicted octanol–water partition coefficient (Wildman–Crippen LogP) is 6.55. The number of fused-ring (bicyclic) bond motifs is 3. The molecular weight excluding hydrogens is 504 g/mol. The molecule has 0 amide bonds. The molecule has 0 spiro atoms. The molecule has 0 saturated carbocycles. The Morgan fingerprint density at radius 1 is 0.872 bits per heavy atom. The lowest BCUT2D eigenvalue weighted by molar-refractivity contribution is 0.0972. The SMILES string of the molecule is Cc1ccc(SN(Cc2ccccc2)c2ccc(C(=O)Cn3c(=O)c4ccccc4n4cncc34)cc2)cc1. The van der Waals surface area contributed by atoms with Gasteiger partial charge < -0.3 is 4.31 Å². The maximum atomic E-state index is 13.4. The van der Waals surface area contributed by atoms with Crippen LogP contribution in [-0.4, -0.2) is 19.7 Å². The predicted molar refractivity (Wildman–Crippen MR) is 157 cm³/mol. The Bertz CT molecular complexity index is 1830. The van der Waals surface area contributed by atoms with E-state index in [-0.39, 0.29) is 17.9 Å². The Hall–Kier alpha value is -4.62. The van der Waals surface area contributed by atoms with E-state index in [0.29, 0.717) is 23.1 Å². The van der Waals surface area contributed by atoms with Crippen LogP contribution >= 0.6 is 11.9 Å². The van der Waals surface area contributed by atoms with Crippen molar-refractivity contribution in [1.82, 2.24) is 14.0 Å². The van der Waals surface area contributed by atoms with E-state index in [4.69, 9.17) is 0 Å². The van der Waals surface area contributed by atoms with E-state index in [9.17, 15) is 9.59 Å². The van der Waals surface area contributed by atoms with Gasteiger partial charge in [-0.3, -0.25) is 18.6 Å². The molecule has 0 N–H and O–H groups in total. The van der Waals surface area contributed by atoms with Crippen molar-refractivity contribution in [3.05, 3.63) is 143 Å². The number of benzene rings is 4. The molecule has 7 heteroatoms. The second-order valence-electron chi connectivity index (χ2n) is 9.43. The standard InChI is InChI=1S/C32H26N4O2S/c1-23-11-17-27(18-12-23)39-36(20-24-7-3-2-4-8-24)26-15-13-25(14-16-26)30(37)21-34-31-19-33-22-35(31)29-10-6-5-9-28(29)32(34)38/h2-19,22H,20-21H2,1H3. The Morgan fingerprint density at radius 2 is 1.59 bits per heavy atom. The van der Waals surface area contributed by atoms with Gasteiger partial charge in [-0.1, -0.05) is 60.2 Å². The van der Waals surface area contributed by atoms with Crippen LogP contribution < -0.4 is 9.86 Å². The minimum atomic E-state index is -0.202. The van der Waals surface area contributed by atoms with Gasteiger partial charge in [-0.2, -0.15) is 0 Å². The fourth-order valence-electron chi connectivity index (χ4n) is 4.64. The second kappa shape index (κ2) is 10.6. The first-order chi connectivity index (χ1) is 19.1. The zero-order valence-corrected chi connectivity index (χ0v) is 22.2. The summed E-state index contributed by atoms with van der Waals surface area (Å²) < 4.78 is 5.56. The number of aromatic nitrogens is 3. The number of carbonyl (C=O) groups is 1. The highest BCUT2D eigenvalue weighted by Crippen LogP contribution is 2.31. The average molecular weight is 531 g/mol. The molecule has 0 aliphatic carbocycles. The number of Topliss-reactive ketones (excluding diaryl/α,β-unsaturated/α-hetero) is 1. The number of imidazole rings is 1. The number of carbonyl (C=O) groups excluding carboxylic acids is 1. The number of nitrogens with zero attached hydrogens (tertiary/aromatic N) is 4. The monoisotopic (exact) mass is 530 g/mol. The maximum Gasteiger partial charge on any atom is 0.262 e. The summed E-state index contributed by atoms with van der Waals surface area (Å²) in [6.45, 7) is 2.72. The van der Waals surface area contributed by atoms with Gasteiger partial charge in [0.2, 0.25) is 0 Å². The van der Waals surface area contributed by atoms with Gasteiger partial charge in [0.1, 0.15) is 12.0 Å². The minimum absolute atomic E-state index is 0.0654. The summed E-state index contributed by atoms with van der Waals surface area (Å²) in [6, 6.07) is 33.8. The zero-order valence-electron chi connectivity index (χ0n) is 21.4. The highest BCUT2D eigenvalue weighted by Gasteiger charge is 2.16. The van der Waals surface area contributed by atoms with Crippen molar-refractivity contribution in [1.29, 1.82) is 0 Å². The van der Waals surface area contributed by atoms with Gasteiger partial charge in [-0.05, 0) is 73.0 Å². The van der Waals surface area contributed by atoms with Crippen molar-refractivity contribution >= 4 is 40.0 Å². The van der Waals surface area contributed by atoms with Crippen molar-refractivity contribution in [2.45, 2.75) is 24.9 Å². The molecule has 6 rings (SSSR count). The first-order valence-corrected chi connectivity index (χ1v) is 13.5. The molecule has 0 unspecified atom stereocenters. The third kappa shape index (κ3) is 5.09. The molecule has 0 atom stereocenters. The molecule has 0 aliphatic heterocycles. The lowest BCUT2D eigenvalue weighted by atomic mass is 10.1. The maximum absolute atomic E-state index is 13.4. The van der Waals surface area contributed by atoms with Crippen molar-refractivity contribution in [3.8, 4) is 0 Å². The molecule has 192 valence electrons. The van der Waals surface area contributed by atoms with E-state index < -0.39 is 0 Å². The zero-order chi connectivity index (χ0) is 26.8. The summed E-state index contributed by atoms with van der Waals surface area (Å²) in [4.78, 5) is 32.0. The lowest BCUT2D eigenvalue weighted by Gasteiger charge is -2.24. The first-order valence-electron chi connectivity index (χ1n) is 12.7. The number of hydrogen-bond acceptors (Lipinski definition) is 5. The molecule has 2 aromatic heterocycles. The number of para-hydroxylation sites is 1. The van der Waals surface area contributed by atoms with Crippen molar-refractivity contribution in [2.75, 3.05) is 4.31 Å². The first kappa shape index (κ1) is 24.7. The molecule has 39 heavy (non-hydrogen) atoms. The van der Waals surface area contributed by atoms with Crippen LogP contribution in [-0.2, 0) is 13.1 Å². The fourth-order valence-corrected chi connectivity index (χ4v) is 5.59. The highest BCUT2D eigenvalue weighted by molar-refractivity contribution is 8.00. The van der Waals surface area contributed by atoms with Gasteiger partial charge in [-0.25, -0.2) is 4.98 Å². The number of hydrogen-bond donors (Lipinski definition) is 0. The van der Waals surface area contributed by atoms with Crippen LogP contribution in [0.15, 0.2) is 125 Å². The van der Waals surface area contributed by atoms with Gasteiger partial charge in [0.25, 0.3) is 5.56 Å². The summed E-state index contributed by atoms with van der Waals surface area (Å²) in [6.07, 6.45) is 3.29. The minimum Gasteiger partial charge on any atom is -0.308 e. The normalized spacial score (nSPS) is 11.2. The molecule has 6 nitrogen and oxygen atoms in total. The number of rotatable bonds is 8. The summed E-state index contributed by atoms with van der Waals surface area (Å²) in [5.41, 5.74) is 5.11. The Labute approximate surface area is 230 Å². The molecule has 0 radical (unpaired) electrons. The molecular formula is C32H26N4O2S. The highest BCUT2D eigenvalue weighted by atomic mass is 32.2. The second-order valence-corrected chi connectivity index (χ2v) is 10.5.